The highest BCUT2D eigenvalue weighted by molar-refractivity contribution is 7.92. The molecule has 0 spiro atoms. The molecule has 0 radical (unpaired) electrons. The molecule has 2 heterocycles. The summed E-state index contributed by atoms with van der Waals surface area (Å²) >= 11 is 0. The van der Waals surface area contributed by atoms with Gasteiger partial charge >= 0.3 is 0 Å². The number of guanidine groups is 1. The topological polar surface area (TPSA) is 190 Å². The number of hydrogen-bond donors (Lipinski definition) is 4. The number of hydrogen-bond acceptors (Lipinski definition) is 6. The van der Waals surface area contributed by atoms with Crippen LogP contribution in [-0.2, 0) is 27.8 Å². The van der Waals surface area contributed by atoms with Crippen LogP contribution in [0, 0.1) is 21.4 Å². The summed E-state index contributed by atoms with van der Waals surface area (Å²) in [7, 11) is -4.13. The van der Waals surface area contributed by atoms with Gasteiger partial charge in [0.15, 0.2) is 5.96 Å². The number of likely N-dealkylation sites (tertiary alicyclic amines) is 1. The highest BCUT2D eigenvalue weighted by Crippen LogP contribution is 2.35. The maximum atomic E-state index is 13.4. The van der Waals surface area contributed by atoms with Crippen molar-refractivity contribution < 1.29 is 18.1 Å². The van der Waals surface area contributed by atoms with Gasteiger partial charge in [-0.1, -0.05) is 18.2 Å². The van der Waals surface area contributed by atoms with Gasteiger partial charge in [0.2, 0.25) is 5.91 Å². The molecule has 4 rings (SSSR count). The van der Waals surface area contributed by atoms with Crippen LogP contribution in [0.25, 0.3) is 10.9 Å². The number of carbonyl (C=O) groups excluding carboxylic acids is 1. The molecule has 1 aliphatic heterocycles. The Morgan fingerprint density at radius 3 is 2.51 bits per heavy atom. The van der Waals surface area contributed by atoms with Crippen LogP contribution < -0.4 is 16.2 Å². The van der Waals surface area contributed by atoms with Crippen molar-refractivity contribution in [1.82, 2.24) is 9.47 Å². The van der Waals surface area contributed by atoms with E-state index in [-0.39, 0.29) is 35.3 Å². The summed E-state index contributed by atoms with van der Waals surface area (Å²) in [5.41, 5.74) is 12.3. The molecule has 196 valence electrons. The lowest BCUT2D eigenvalue weighted by Gasteiger charge is -2.33. The van der Waals surface area contributed by atoms with E-state index >= 15 is 0 Å². The van der Waals surface area contributed by atoms with E-state index in [2.05, 4.69) is 4.72 Å². The zero-order chi connectivity index (χ0) is 26.7. The lowest BCUT2D eigenvalue weighted by Crippen LogP contribution is -2.44. The molecule has 12 nitrogen and oxygen atoms in total. The summed E-state index contributed by atoms with van der Waals surface area (Å²) < 4.78 is 31.4. The van der Waals surface area contributed by atoms with E-state index < -0.39 is 20.9 Å². The number of anilines is 1. The van der Waals surface area contributed by atoms with Crippen molar-refractivity contribution in [3.63, 3.8) is 0 Å². The Balaban J connectivity index is 1.78. The Bertz CT molecular complexity index is 1450. The van der Waals surface area contributed by atoms with Crippen LogP contribution in [0.15, 0.2) is 53.4 Å². The second-order valence-electron chi connectivity index (χ2n) is 9.12. The number of fused-ring (bicyclic) bond motifs is 1. The van der Waals surface area contributed by atoms with Crippen LogP contribution in [0.1, 0.15) is 24.8 Å². The number of primary amides is 1. The third kappa shape index (κ3) is 5.66. The van der Waals surface area contributed by atoms with Crippen LogP contribution in [0.4, 0.5) is 11.5 Å². The number of carbonyl (C=O) groups is 1. The second-order valence-corrected chi connectivity index (χ2v) is 10.8. The minimum atomic E-state index is -4.13. The molecule has 2 aromatic carbocycles. The fraction of sp³-hybridized carbons (Fsp3) is 0.333. The van der Waals surface area contributed by atoms with Gasteiger partial charge in [-0.3, -0.25) is 25.0 Å². The van der Waals surface area contributed by atoms with Crippen molar-refractivity contribution in [3.8, 4) is 0 Å². The van der Waals surface area contributed by atoms with E-state index in [1.807, 2.05) is 28.8 Å². The van der Waals surface area contributed by atoms with Crippen molar-refractivity contribution in [1.29, 1.82) is 5.41 Å². The van der Waals surface area contributed by atoms with Crippen LogP contribution in [0.3, 0.4) is 0 Å². The number of para-hydroxylation sites is 1. The summed E-state index contributed by atoms with van der Waals surface area (Å²) in [5, 5.41) is 19.6. The zero-order valence-electron chi connectivity index (χ0n) is 20.1. The number of sulfonamides is 1. The monoisotopic (exact) mass is 527 g/mol. The summed E-state index contributed by atoms with van der Waals surface area (Å²) in [6, 6.07) is 12.1. The molecule has 37 heavy (non-hydrogen) atoms. The number of non-ortho nitro benzene ring substituents is 1. The first-order valence-electron chi connectivity index (χ1n) is 11.8. The molecule has 0 saturated carbocycles. The predicted octanol–water partition coefficient (Wildman–Crippen LogP) is 2.37. The van der Waals surface area contributed by atoms with Gasteiger partial charge in [-0.25, -0.2) is 8.42 Å². The zero-order valence-corrected chi connectivity index (χ0v) is 20.9. The summed E-state index contributed by atoms with van der Waals surface area (Å²) in [4.78, 5) is 23.7. The molecule has 13 heteroatoms. The maximum absolute atomic E-state index is 13.4. The van der Waals surface area contributed by atoms with E-state index in [9.17, 15) is 23.3 Å². The average molecular weight is 528 g/mol. The molecular formula is C24H29N7O5S. The number of benzene rings is 2. The second kappa shape index (κ2) is 10.5. The van der Waals surface area contributed by atoms with E-state index in [0.29, 0.717) is 31.0 Å². The first kappa shape index (κ1) is 25.9. The van der Waals surface area contributed by atoms with E-state index in [0.717, 1.165) is 35.9 Å². The van der Waals surface area contributed by atoms with Crippen molar-refractivity contribution >= 4 is 44.3 Å². The van der Waals surface area contributed by atoms with Crippen molar-refractivity contribution in [2.45, 2.75) is 37.1 Å². The summed E-state index contributed by atoms with van der Waals surface area (Å²) in [5.74, 6) is -0.0884. The minimum Gasteiger partial charge on any atom is -0.370 e. The van der Waals surface area contributed by atoms with Crippen LogP contribution in [0.2, 0.25) is 0 Å². The van der Waals surface area contributed by atoms with Gasteiger partial charge in [0, 0.05) is 54.7 Å². The van der Waals surface area contributed by atoms with Gasteiger partial charge in [0.1, 0.15) is 5.82 Å². The van der Waals surface area contributed by atoms with Gasteiger partial charge in [0.05, 0.1) is 9.82 Å². The molecule has 1 amide bonds. The number of nitrogens with one attached hydrogen (secondary N) is 2. The molecule has 1 saturated heterocycles. The number of nitrogens with zero attached hydrogens (tertiary/aromatic N) is 3. The largest absolute Gasteiger partial charge is 0.370 e. The Morgan fingerprint density at radius 2 is 1.86 bits per heavy atom. The summed E-state index contributed by atoms with van der Waals surface area (Å²) in [6.07, 6.45) is 1.98. The number of piperidine rings is 1. The number of aromatic nitrogens is 1. The van der Waals surface area contributed by atoms with Gasteiger partial charge in [-0.05, 0) is 43.4 Å². The number of nitro groups is 1. The average Bonchev–Trinajstić information content (AvgIpc) is 3.14. The van der Waals surface area contributed by atoms with Gasteiger partial charge in [0.25, 0.3) is 15.7 Å². The Labute approximate surface area is 213 Å². The fourth-order valence-electron chi connectivity index (χ4n) is 4.81. The molecule has 1 aliphatic rings. The maximum Gasteiger partial charge on any atom is 0.269 e. The number of amides is 1. The molecule has 0 bridgehead atoms. The smallest absolute Gasteiger partial charge is 0.269 e. The molecule has 1 fully saturated rings. The highest BCUT2D eigenvalue weighted by atomic mass is 32.2. The third-order valence-corrected chi connectivity index (χ3v) is 7.94. The minimum absolute atomic E-state index is 0.00306. The Kier molecular flexibility index (Phi) is 7.34. The standard InChI is InChI=1S/C24H29N7O5S/c25-22(32)12-11-20-19-5-1-2-6-21(19)30(15-16-4-3-13-29(14-16)24(26)27)23(20)28-37(35,36)18-9-7-17(8-10-18)31(33)34/h1-2,5-10,16,28H,3-4,11-15H2,(H2,25,32)(H3,26,27)/t16-/m1/s1. The number of aryl methyl sites for hydroxylation is 1. The lowest BCUT2D eigenvalue weighted by molar-refractivity contribution is -0.384. The van der Waals surface area contributed by atoms with Crippen molar-refractivity contribution in [2.24, 2.45) is 17.4 Å². The molecular weight excluding hydrogens is 498 g/mol. The van der Waals surface area contributed by atoms with Crippen LogP contribution in [0.5, 0.6) is 0 Å². The molecule has 0 aliphatic carbocycles. The molecule has 6 N–H and O–H groups in total. The van der Waals surface area contributed by atoms with Crippen molar-refractivity contribution in [3.05, 3.63) is 64.2 Å². The van der Waals surface area contributed by atoms with Crippen LogP contribution >= 0.6 is 0 Å². The van der Waals surface area contributed by atoms with Gasteiger partial charge in [-0.15, -0.1) is 0 Å². The van der Waals surface area contributed by atoms with Gasteiger partial charge in [-0.2, -0.15) is 0 Å². The van der Waals surface area contributed by atoms with E-state index in [1.165, 1.54) is 12.1 Å². The SMILES string of the molecule is N=C(N)N1CCC[C@@H](Cn2c(NS(=O)(=O)c3ccc([N+](=O)[O-])cc3)c(CCC(N)=O)c3ccccc32)C1. The van der Waals surface area contributed by atoms with Crippen molar-refractivity contribution in [2.75, 3.05) is 17.8 Å². The highest BCUT2D eigenvalue weighted by Gasteiger charge is 2.27. The predicted molar refractivity (Wildman–Crippen MR) is 140 cm³/mol. The quantitative estimate of drug-likeness (QED) is 0.142. The van der Waals surface area contributed by atoms with E-state index in [1.54, 1.807) is 4.90 Å². The molecule has 0 unspecified atom stereocenters. The first-order chi connectivity index (χ1) is 17.6. The van der Waals surface area contributed by atoms with Crippen LogP contribution in [-0.4, -0.2) is 47.8 Å². The number of rotatable bonds is 9. The number of nitrogens with two attached hydrogens (primary N) is 2. The fourth-order valence-corrected chi connectivity index (χ4v) is 5.91. The number of nitro benzene ring substituents is 1. The third-order valence-electron chi connectivity index (χ3n) is 6.59. The lowest BCUT2D eigenvalue weighted by atomic mass is 9.98. The molecule has 1 aromatic heterocycles. The molecule has 3 aromatic rings. The summed E-state index contributed by atoms with van der Waals surface area (Å²) in [6.45, 7) is 1.72. The van der Waals surface area contributed by atoms with E-state index in [4.69, 9.17) is 16.9 Å². The van der Waals surface area contributed by atoms with Gasteiger partial charge < -0.3 is 20.9 Å². The normalized spacial score (nSPS) is 16.0. The Morgan fingerprint density at radius 1 is 1.16 bits per heavy atom. The first-order valence-corrected chi connectivity index (χ1v) is 13.3. The Hall–Kier alpha value is -4.13. The molecule has 1 atom stereocenters.